The third-order valence-corrected chi connectivity index (χ3v) is 5.57. The van der Waals surface area contributed by atoms with Gasteiger partial charge in [0.05, 0.1) is 8.07 Å². The Labute approximate surface area is 122 Å². The molecule has 0 unspecified atom stereocenters. The summed E-state index contributed by atoms with van der Waals surface area (Å²) in [6, 6.07) is 15.5. The quantitative estimate of drug-likeness (QED) is 0.768. The summed E-state index contributed by atoms with van der Waals surface area (Å²) in [5.41, 5.74) is 2.31. The van der Waals surface area contributed by atoms with Gasteiger partial charge in [0.1, 0.15) is 5.82 Å². The van der Waals surface area contributed by atoms with Crippen LogP contribution in [-0.4, -0.2) is 15.1 Å². The predicted octanol–water partition coefficient (Wildman–Crippen LogP) is 4.01. The molecule has 0 spiro atoms. The van der Waals surface area contributed by atoms with E-state index in [4.69, 9.17) is 0 Å². The lowest BCUT2D eigenvalue weighted by molar-refractivity contribution is 0.627. The summed E-state index contributed by atoms with van der Waals surface area (Å²) in [6.07, 6.45) is 0. The second-order valence-corrected chi connectivity index (χ2v) is 11.4. The van der Waals surface area contributed by atoms with Gasteiger partial charge < -0.3 is 4.90 Å². The maximum atomic E-state index is 12.9. The lowest BCUT2D eigenvalue weighted by Gasteiger charge is -2.21. The van der Waals surface area contributed by atoms with E-state index in [0.29, 0.717) is 0 Å². The molecule has 0 atom stereocenters. The third kappa shape index (κ3) is 3.70. The van der Waals surface area contributed by atoms with Gasteiger partial charge in [0, 0.05) is 19.3 Å². The van der Waals surface area contributed by atoms with Crippen LogP contribution < -0.4 is 10.1 Å². The zero-order chi connectivity index (χ0) is 14.8. The van der Waals surface area contributed by atoms with Crippen molar-refractivity contribution in [1.82, 2.24) is 0 Å². The number of hydrogen-bond acceptors (Lipinski definition) is 1. The molecule has 0 heterocycles. The Morgan fingerprint density at radius 3 is 1.95 bits per heavy atom. The van der Waals surface area contributed by atoms with E-state index >= 15 is 0 Å². The first-order chi connectivity index (χ1) is 9.36. The predicted molar refractivity (Wildman–Crippen MR) is 87.9 cm³/mol. The lowest BCUT2D eigenvalue weighted by Crippen LogP contribution is -2.37. The minimum Gasteiger partial charge on any atom is -0.370 e. The monoisotopic (exact) mass is 287 g/mol. The van der Waals surface area contributed by atoms with Crippen molar-refractivity contribution < 1.29 is 4.39 Å². The molecule has 20 heavy (non-hydrogen) atoms. The van der Waals surface area contributed by atoms with Crippen molar-refractivity contribution in [2.75, 3.05) is 11.9 Å². The van der Waals surface area contributed by atoms with Gasteiger partial charge in [-0.15, -0.1) is 0 Å². The SMILES string of the molecule is CN(Cc1ccc([Si](C)(C)C)cc1)c1ccc(F)cc1. The van der Waals surface area contributed by atoms with Gasteiger partial charge in [-0.3, -0.25) is 0 Å². The highest BCUT2D eigenvalue weighted by molar-refractivity contribution is 6.88. The molecular formula is C17H22FNSi. The average Bonchev–Trinajstić information content (AvgIpc) is 2.39. The van der Waals surface area contributed by atoms with Crippen LogP contribution in [0.4, 0.5) is 10.1 Å². The molecule has 0 aliphatic heterocycles. The van der Waals surface area contributed by atoms with E-state index in [2.05, 4.69) is 48.8 Å². The van der Waals surface area contributed by atoms with Crippen LogP contribution >= 0.6 is 0 Å². The Balaban J connectivity index is 2.08. The fourth-order valence-corrected chi connectivity index (χ4v) is 3.34. The molecule has 0 aliphatic rings. The van der Waals surface area contributed by atoms with Crippen molar-refractivity contribution in [2.45, 2.75) is 26.2 Å². The van der Waals surface area contributed by atoms with Crippen LogP contribution in [0.15, 0.2) is 48.5 Å². The minimum atomic E-state index is -1.22. The number of hydrogen-bond donors (Lipinski definition) is 0. The summed E-state index contributed by atoms with van der Waals surface area (Å²) in [5.74, 6) is -0.193. The Morgan fingerprint density at radius 1 is 0.900 bits per heavy atom. The van der Waals surface area contributed by atoms with Gasteiger partial charge in [-0.1, -0.05) is 49.1 Å². The highest BCUT2D eigenvalue weighted by atomic mass is 28.3. The fraction of sp³-hybridized carbons (Fsp3) is 0.294. The number of anilines is 1. The minimum absolute atomic E-state index is 0.193. The molecule has 0 aromatic heterocycles. The van der Waals surface area contributed by atoms with Gasteiger partial charge >= 0.3 is 0 Å². The fourth-order valence-electron chi connectivity index (χ4n) is 2.17. The number of rotatable bonds is 4. The van der Waals surface area contributed by atoms with Crippen molar-refractivity contribution in [2.24, 2.45) is 0 Å². The van der Waals surface area contributed by atoms with Crippen LogP contribution in [0.5, 0.6) is 0 Å². The average molecular weight is 287 g/mol. The first kappa shape index (κ1) is 14.8. The van der Waals surface area contributed by atoms with E-state index in [1.54, 1.807) is 0 Å². The third-order valence-electron chi connectivity index (χ3n) is 3.51. The molecule has 0 amide bonds. The molecule has 3 heteroatoms. The molecule has 0 saturated heterocycles. The summed E-state index contributed by atoms with van der Waals surface area (Å²) in [4.78, 5) is 2.13. The number of halogens is 1. The number of benzene rings is 2. The van der Waals surface area contributed by atoms with Crippen LogP contribution in [0.3, 0.4) is 0 Å². The summed E-state index contributed by atoms with van der Waals surface area (Å²) >= 11 is 0. The summed E-state index contributed by atoms with van der Waals surface area (Å²) in [5, 5.41) is 1.48. The molecule has 106 valence electrons. The molecule has 0 bridgehead atoms. The van der Waals surface area contributed by atoms with E-state index in [-0.39, 0.29) is 5.82 Å². The molecule has 2 aromatic carbocycles. The van der Waals surface area contributed by atoms with Crippen LogP contribution in [0, 0.1) is 5.82 Å². The Kier molecular flexibility index (Phi) is 4.28. The molecule has 0 aliphatic carbocycles. The zero-order valence-electron chi connectivity index (χ0n) is 12.7. The maximum Gasteiger partial charge on any atom is 0.123 e. The van der Waals surface area contributed by atoms with E-state index in [1.807, 2.05) is 19.2 Å². The van der Waals surface area contributed by atoms with Gasteiger partial charge in [-0.25, -0.2) is 4.39 Å². The molecule has 2 rings (SSSR count). The molecule has 2 aromatic rings. The summed E-state index contributed by atoms with van der Waals surface area (Å²) in [6.45, 7) is 7.89. The van der Waals surface area contributed by atoms with Crippen molar-refractivity contribution >= 4 is 18.9 Å². The standard InChI is InChI=1S/C17H22FNSi/c1-19(16-9-7-15(18)8-10-16)13-14-5-11-17(12-6-14)20(2,3)4/h5-12H,13H2,1-4H3. The molecule has 0 saturated carbocycles. The largest absolute Gasteiger partial charge is 0.370 e. The normalized spacial score (nSPS) is 11.4. The molecule has 0 N–H and O–H groups in total. The first-order valence-corrected chi connectivity index (χ1v) is 10.4. The summed E-state index contributed by atoms with van der Waals surface area (Å²) in [7, 11) is 0.806. The lowest BCUT2D eigenvalue weighted by atomic mass is 10.2. The molecule has 1 nitrogen and oxygen atoms in total. The van der Waals surface area contributed by atoms with E-state index in [9.17, 15) is 4.39 Å². The Bertz CT molecular complexity index is 555. The molecule has 0 fully saturated rings. The van der Waals surface area contributed by atoms with Crippen LogP contribution in [-0.2, 0) is 6.54 Å². The second-order valence-electron chi connectivity index (χ2n) is 6.28. The highest BCUT2D eigenvalue weighted by Crippen LogP contribution is 2.16. The van der Waals surface area contributed by atoms with Gasteiger partial charge in [-0.05, 0) is 29.8 Å². The van der Waals surface area contributed by atoms with Crippen LogP contribution in [0.2, 0.25) is 19.6 Å². The molecule has 0 radical (unpaired) electrons. The van der Waals surface area contributed by atoms with Crippen molar-refractivity contribution in [1.29, 1.82) is 0 Å². The van der Waals surface area contributed by atoms with Crippen molar-refractivity contribution in [3.05, 3.63) is 59.9 Å². The zero-order valence-corrected chi connectivity index (χ0v) is 13.7. The first-order valence-electron chi connectivity index (χ1n) is 6.92. The van der Waals surface area contributed by atoms with Crippen molar-refractivity contribution in [3.8, 4) is 0 Å². The van der Waals surface area contributed by atoms with Crippen molar-refractivity contribution in [3.63, 3.8) is 0 Å². The van der Waals surface area contributed by atoms with Crippen LogP contribution in [0.25, 0.3) is 0 Å². The van der Waals surface area contributed by atoms with E-state index in [1.165, 1.54) is 22.9 Å². The Morgan fingerprint density at radius 2 is 1.45 bits per heavy atom. The molecular weight excluding hydrogens is 265 g/mol. The van der Waals surface area contributed by atoms with Gasteiger partial charge in [0.2, 0.25) is 0 Å². The second kappa shape index (κ2) is 5.79. The van der Waals surface area contributed by atoms with E-state index in [0.717, 1.165) is 12.2 Å². The number of nitrogens with zero attached hydrogens (tertiary/aromatic N) is 1. The van der Waals surface area contributed by atoms with Crippen LogP contribution in [0.1, 0.15) is 5.56 Å². The van der Waals surface area contributed by atoms with Gasteiger partial charge in [0.25, 0.3) is 0 Å². The smallest absolute Gasteiger partial charge is 0.123 e. The van der Waals surface area contributed by atoms with Gasteiger partial charge in [-0.2, -0.15) is 0 Å². The van der Waals surface area contributed by atoms with E-state index < -0.39 is 8.07 Å². The van der Waals surface area contributed by atoms with Gasteiger partial charge in [0.15, 0.2) is 0 Å². The maximum absolute atomic E-state index is 12.9. The highest BCUT2D eigenvalue weighted by Gasteiger charge is 2.15. The Hall–Kier alpha value is -1.61. The topological polar surface area (TPSA) is 3.24 Å². The summed E-state index contributed by atoms with van der Waals surface area (Å²) < 4.78 is 12.9.